The van der Waals surface area contributed by atoms with Crippen LogP contribution in [0.25, 0.3) is 0 Å². The van der Waals surface area contributed by atoms with E-state index in [0.29, 0.717) is 6.54 Å². The smallest absolute Gasteiger partial charge is 0.444 e. The minimum Gasteiger partial charge on any atom is -0.444 e. The van der Waals surface area contributed by atoms with Crippen molar-refractivity contribution < 1.29 is 18.8 Å². The van der Waals surface area contributed by atoms with Gasteiger partial charge in [-0.3, -0.25) is 4.98 Å². The van der Waals surface area contributed by atoms with E-state index in [2.05, 4.69) is 53.7 Å². The Morgan fingerprint density at radius 3 is 2.35 bits per heavy atom. The molecule has 172 valence electrons. The van der Waals surface area contributed by atoms with E-state index in [1.54, 1.807) is 0 Å². The molecule has 0 spiro atoms. The summed E-state index contributed by atoms with van der Waals surface area (Å²) in [5.41, 5.74) is 1.75. The highest BCUT2D eigenvalue weighted by Gasteiger charge is 2.52. The second kappa shape index (κ2) is 8.40. The number of likely N-dealkylation sites (tertiary alicyclic amines) is 1. The van der Waals surface area contributed by atoms with E-state index in [9.17, 15) is 4.79 Å². The topological polar surface area (TPSA) is 60.9 Å². The van der Waals surface area contributed by atoms with Gasteiger partial charge >= 0.3 is 13.2 Å². The Balaban J connectivity index is 1.87. The van der Waals surface area contributed by atoms with Gasteiger partial charge in [0, 0.05) is 30.4 Å². The van der Waals surface area contributed by atoms with Crippen LogP contribution in [0, 0.1) is 0 Å². The average Bonchev–Trinajstić information content (AvgIpc) is 2.87. The number of pyridine rings is 1. The van der Waals surface area contributed by atoms with Gasteiger partial charge in [0.15, 0.2) is 0 Å². The van der Waals surface area contributed by atoms with Crippen LogP contribution in [0.4, 0.5) is 4.79 Å². The van der Waals surface area contributed by atoms with E-state index in [1.165, 1.54) is 0 Å². The zero-order chi connectivity index (χ0) is 23.2. The predicted octanol–water partition coefficient (Wildman–Crippen LogP) is 4.62. The van der Waals surface area contributed by atoms with Crippen LogP contribution in [0.15, 0.2) is 12.1 Å². The standard InChI is InChI=1S/C24H39BN2O4/c1-16(2)19-13-18(25-30-23(6,7)24(8,9)31-25)14-20(26-19)17-11-10-12-27(15-17)21(28)29-22(3,4)5/h13-14,16-17H,10-12,15H2,1-9H3. The van der Waals surface area contributed by atoms with Gasteiger partial charge < -0.3 is 18.9 Å². The van der Waals surface area contributed by atoms with Crippen LogP contribution < -0.4 is 5.46 Å². The van der Waals surface area contributed by atoms with Crippen molar-refractivity contribution in [2.24, 2.45) is 0 Å². The molecule has 0 aromatic carbocycles. The van der Waals surface area contributed by atoms with Crippen molar-refractivity contribution in [2.45, 2.75) is 104 Å². The number of hydrogen-bond acceptors (Lipinski definition) is 5. The fourth-order valence-electron chi connectivity index (χ4n) is 3.93. The zero-order valence-electron chi connectivity index (χ0n) is 20.7. The number of rotatable bonds is 3. The third-order valence-electron chi connectivity index (χ3n) is 6.50. The molecule has 7 heteroatoms. The number of nitrogens with zero attached hydrogens (tertiary/aromatic N) is 2. The highest BCUT2D eigenvalue weighted by Crippen LogP contribution is 2.37. The molecule has 1 amide bonds. The Kier molecular flexibility index (Phi) is 6.52. The van der Waals surface area contributed by atoms with Crippen molar-refractivity contribution in [2.75, 3.05) is 13.1 Å². The first-order chi connectivity index (χ1) is 14.2. The summed E-state index contributed by atoms with van der Waals surface area (Å²) in [6.45, 7) is 19.6. The average molecular weight is 430 g/mol. The molecule has 31 heavy (non-hydrogen) atoms. The van der Waals surface area contributed by atoms with Crippen molar-refractivity contribution in [3.8, 4) is 0 Å². The van der Waals surface area contributed by atoms with Crippen molar-refractivity contribution in [1.82, 2.24) is 9.88 Å². The third kappa shape index (κ3) is 5.43. The maximum Gasteiger partial charge on any atom is 0.494 e. The molecule has 0 radical (unpaired) electrons. The molecule has 1 aromatic rings. The van der Waals surface area contributed by atoms with Crippen LogP contribution in [0.1, 0.15) is 98.4 Å². The molecule has 3 heterocycles. The van der Waals surface area contributed by atoms with Gasteiger partial charge in [-0.1, -0.05) is 13.8 Å². The van der Waals surface area contributed by atoms with Crippen LogP contribution in [0.5, 0.6) is 0 Å². The molecule has 1 atom stereocenters. The summed E-state index contributed by atoms with van der Waals surface area (Å²) in [4.78, 5) is 19.4. The lowest BCUT2D eigenvalue weighted by atomic mass is 9.77. The first-order valence-corrected chi connectivity index (χ1v) is 11.5. The van der Waals surface area contributed by atoms with E-state index < -0.39 is 23.9 Å². The highest BCUT2D eigenvalue weighted by molar-refractivity contribution is 6.62. The fraction of sp³-hybridized carbons (Fsp3) is 0.750. The Labute approximate surface area is 188 Å². The summed E-state index contributed by atoms with van der Waals surface area (Å²) in [6.07, 6.45) is 1.68. The summed E-state index contributed by atoms with van der Waals surface area (Å²) in [5, 5.41) is 0. The van der Waals surface area contributed by atoms with Crippen LogP contribution >= 0.6 is 0 Å². The monoisotopic (exact) mass is 430 g/mol. The number of carbonyl (C=O) groups excluding carboxylic acids is 1. The van der Waals surface area contributed by atoms with Crippen LogP contribution in [-0.4, -0.2) is 53.0 Å². The minimum atomic E-state index is -0.496. The van der Waals surface area contributed by atoms with Crippen molar-refractivity contribution in [3.05, 3.63) is 23.5 Å². The largest absolute Gasteiger partial charge is 0.494 e. The molecule has 0 bridgehead atoms. The summed E-state index contributed by atoms with van der Waals surface area (Å²) in [7, 11) is -0.421. The van der Waals surface area contributed by atoms with Gasteiger partial charge in [0.25, 0.3) is 0 Å². The molecule has 2 saturated heterocycles. The number of amides is 1. The van der Waals surface area contributed by atoms with Gasteiger partial charge in [-0.2, -0.15) is 0 Å². The molecule has 0 saturated carbocycles. The molecule has 1 unspecified atom stereocenters. The minimum absolute atomic E-state index is 0.168. The third-order valence-corrected chi connectivity index (χ3v) is 6.50. The van der Waals surface area contributed by atoms with Gasteiger partial charge in [0.2, 0.25) is 0 Å². The van der Waals surface area contributed by atoms with Crippen molar-refractivity contribution >= 4 is 18.7 Å². The summed E-state index contributed by atoms with van der Waals surface area (Å²) >= 11 is 0. The number of hydrogen-bond donors (Lipinski definition) is 0. The molecule has 2 fully saturated rings. The maximum atomic E-state index is 12.6. The highest BCUT2D eigenvalue weighted by atomic mass is 16.7. The molecule has 2 aliphatic rings. The SMILES string of the molecule is CC(C)c1cc(B2OC(C)(C)C(C)(C)O2)cc(C2CCCN(C(=O)OC(C)(C)C)C2)n1. The van der Waals surface area contributed by atoms with Crippen LogP contribution in [0.3, 0.4) is 0 Å². The number of piperidine rings is 1. The normalized spacial score (nSPS) is 23.4. The van der Waals surface area contributed by atoms with Crippen molar-refractivity contribution in [1.29, 1.82) is 0 Å². The van der Waals surface area contributed by atoms with E-state index in [1.807, 2.05) is 25.7 Å². The molecule has 3 rings (SSSR count). The van der Waals surface area contributed by atoms with Crippen LogP contribution in [0.2, 0.25) is 0 Å². The maximum absolute atomic E-state index is 12.6. The Morgan fingerprint density at radius 1 is 1.19 bits per heavy atom. The number of ether oxygens (including phenoxy) is 1. The number of aromatic nitrogens is 1. The lowest BCUT2D eigenvalue weighted by Gasteiger charge is -2.34. The lowest BCUT2D eigenvalue weighted by Crippen LogP contribution is -2.43. The molecule has 0 N–H and O–H groups in total. The van der Waals surface area contributed by atoms with Gasteiger partial charge in [-0.15, -0.1) is 0 Å². The Bertz CT molecular complexity index is 800. The molecule has 2 aliphatic heterocycles. The van der Waals surface area contributed by atoms with Crippen LogP contribution in [-0.2, 0) is 14.0 Å². The molecule has 6 nitrogen and oxygen atoms in total. The van der Waals surface area contributed by atoms with Gasteiger partial charge in [-0.05, 0) is 84.8 Å². The summed E-state index contributed by atoms with van der Waals surface area (Å²) < 4.78 is 18.2. The molecule has 0 aliphatic carbocycles. The van der Waals surface area contributed by atoms with Gasteiger partial charge in [0.1, 0.15) is 5.60 Å². The lowest BCUT2D eigenvalue weighted by molar-refractivity contribution is 0.00578. The van der Waals surface area contributed by atoms with E-state index in [0.717, 1.165) is 36.2 Å². The van der Waals surface area contributed by atoms with Gasteiger partial charge in [0.05, 0.1) is 11.2 Å². The van der Waals surface area contributed by atoms with Crippen molar-refractivity contribution in [3.63, 3.8) is 0 Å². The fourth-order valence-corrected chi connectivity index (χ4v) is 3.93. The summed E-state index contributed by atoms with van der Waals surface area (Å²) in [5.74, 6) is 0.452. The zero-order valence-corrected chi connectivity index (χ0v) is 20.7. The predicted molar refractivity (Wildman–Crippen MR) is 124 cm³/mol. The number of carbonyl (C=O) groups is 1. The molecule has 1 aromatic heterocycles. The second-order valence-electron chi connectivity index (χ2n) is 11.3. The molecular formula is C24H39BN2O4. The summed E-state index contributed by atoms with van der Waals surface area (Å²) in [6, 6.07) is 4.21. The Morgan fingerprint density at radius 2 is 1.81 bits per heavy atom. The van der Waals surface area contributed by atoms with E-state index in [-0.39, 0.29) is 17.9 Å². The first-order valence-electron chi connectivity index (χ1n) is 11.5. The Hall–Kier alpha value is -1.60. The quantitative estimate of drug-likeness (QED) is 0.655. The van der Waals surface area contributed by atoms with E-state index >= 15 is 0 Å². The second-order valence-corrected chi connectivity index (χ2v) is 11.3. The molecular weight excluding hydrogens is 391 g/mol. The first kappa shape index (κ1) is 24.1. The van der Waals surface area contributed by atoms with Gasteiger partial charge in [-0.25, -0.2) is 4.79 Å². The van der Waals surface area contributed by atoms with E-state index in [4.69, 9.17) is 19.0 Å².